The van der Waals surface area contributed by atoms with E-state index < -0.39 is 0 Å². The maximum absolute atomic E-state index is 2.99. The third kappa shape index (κ3) is 11.9. The molecular weight excluding hydrogens is 619 g/mol. The summed E-state index contributed by atoms with van der Waals surface area (Å²) in [7, 11) is 0. The molecule has 0 aromatic heterocycles. The maximum Gasteiger partial charge on any atom is -0.109 e. The molecule has 4 aromatic carbocycles. The molecule has 0 saturated carbocycles. The molecule has 0 nitrogen and oxygen atoms in total. The standard InChI is InChI=1S/C21H25.C12H16.C5H5.2ClH.Zr/c1-20(2,3)16-7-9-18-14(12-16)11-15-13-17(21(4,5)6)8-10-19(15)18;1-2-3-4-6-9-12-10-7-5-8-11-12;1-2-4-5-3-1;;;/h7-13H,1-6H3;5,7-8,10-11H,2-4,9H2,1H3;1-3H,4H2;2*1H;/q-1;;-1;;;+2/p-2. The van der Waals surface area contributed by atoms with Gasteiger partial charge in [-0.3, -0.25) is 6.08 Å². The van der Waals surface area contributed by atoms with Crippen LogP contribution in [0.25, 0.3) is 21.5 Å². The van der Waals surface area contributed by atoms with Crippen LogP contribution in [0.4, 0.5) is 0 Å². The topological polar surface area (TPSA) is 0 Å². The van der Waals surface area contributed by atoms with E-state index in [1.165, 1.54) is 63.9 Å². The first kappa shape index (κ1) is 37.4. The van der Waals surface area contributed by atoms with Crippen molar-refractivity contribution >= 4 is 24.8 Å². The summed E-state index contributed by atoms with van der Waals surface area (Å²) in [5.74, 6) is 0. The van der Waals surface area contributed by atoms with Crippen molar-refractivity contribution in [3.63, 3.8) is 0 Å². The van der Waals surface area contributed by atoms with Gasteiger partial charge in [0.2, 0.25) is 0 Å². The van der Waals surface area contributed by atoms with Gasteiger partial charge in [-0.05, 0) is 10.8 Å². The van der Waals surface area contributed by atoms with Crippen molar-refractivity contribution in [1.82, 2.24) is 0 Å². The van der Waals surface area contributed by atoms with Crippen molar-refractivity contribution < 1.29 is 49.0 Å². The third-order valence-electron chi connectivity index (χ3n) is 7.11. The van der Waals surface area contributed by atoms with Gasteiger partial charge in [0.25, 0.3) is 0 Å². The molecule has 0 saturated heterocycles. The van der Waals surface area contributed by atoms with Crippen LogP contribution in [0.5, 0.6) is 0 Å². The number of rotatable bonds is 5. The summed E-state index contributed by atoms with van der Waals surface area (Å²) < 4.78 is 1.69. The Morgan fingerprint density at radius 2 is 1.34 bits per heavy atom. The Morgan fingerprint density at radius 3 is 1.73 bits per heavy atom. The van der Waals surface area contributed by atoms with Crippen LogP contribution in [0, 0.1) is 6.08 Å². The van der Waals surface area contributed by atoms with Crippen LogP contribution in [0.2, 0.25) is 0 Å². The van der Waals surface area contributed by atoms with Crippen molar-refractivity contribution in [2.24, 2.45) is 0 Å². The predicted octanol–water partition coefficient (Wildman–Crippen LogP) is 4.76. The molecule has 0 heterocycles. The number of unbranched alkanes of at least 4 members (excludes halogenated alkanes) is 1. The number of halogens is 2. The smallest absolute Gasteiger partial charge is 0.109 e. The average Bonchev–Trinajstić information content (AvgIpc) is 3.58. The van der Waals surface area contributed by atoms with E-state index in [9.17, 15) is 0 Å². The molecule has 218 valence electrons. The molecule has 4 aromatic rings. The van der Waals surface area contributed by atoms with Crippen molar-refractivity contribution in [2.75, 3.05) is 0 Å². The second kappa shape index (κ2) is 17.5. The molecule has 5 rings (SSSR count). The van der Waals surface area contributed by atoms with Crippen LogP contribution < -0.4 is 24.8 Å². The minimum Gasteiger partial charge on any atom is -1.00 e. The minimum atomic E-state index is 0. The zero-order chi connectivity index (χ0) is 28.5. The van der Waals surface area contributed by atoms with E-state index in [2.05, 4.69) is 133 Å². The van der Waals surface area contributed by atoms with Gasteiger partial charge < -0.3 is 24.8 Å². The second-order valence-electron chi connectivity index (χ2n) is 12.6. The number of fused-ring (bicyclic) bond motifs is 3. The van der Waals surface area contributed by atoms with Crippen molar-refractivity contribution in [2.45, 2.75) is 91.4 Å². The molecule has 0 aliphatic heterocycles. The van der Waals surface area contributed by atoms with Crippen LogP contribution in [-0.2, 0) is 41.5 Å². The maximum atomic E-state index is 2.99. The number of hydrogen-bond acceptors (Lipinski definition) is 0. The first-order valence-corrected chi connectivity index (χ1v) is 15.7. The van der Waals surface area contributed by atoms with E-state index in [4.69, 9.17) is 0 Å². The molecule has 0 atom stereocenters. The van der Waals surface area contributed by atoms with Crippen LogP contribution in [0.15, 0.2) is 91.0 Å². The Hall–Kier alpha value is -1.66. The monoisotopic (exact) mass is 662 g/mol. The Kier molecular flexibility index (Phi) is 15.9. The Balaban J connectivity index is 0.000000359. The first-order chi connectivity index (χ1) is 18.5. The minimum absolute atomic E-state index is 0. The summed E-state index contributed by atoms with van der Waals surface area (Å²) >= 11 is 1.61. The van der Waals surface area contributed by atoms with Gasteiger partial charge in [-0.15, -0.1) is 46.2 Å². The van der Waals surface area contributed by atoms with Crippen molar-refractivity contribution in [3.8, 4) is 0 Å². The van der Waals surface area contributed by atoms with Gasteiger partial charge in [-0.2, -0.15) is 6.08 Å². The van der Waals surface area contributed by atoms with Gasteiger partial charge in [0.15, 0.2) is 0 Å². The molecule has 0 spiro atoms. The molecular formula is C38H46Cl2Zr-2. The largest absolute Gasteiger partial charge is 1.00 e. The van der Waals surface area contributed by atoms with E-state index in [1.807, 2.05) is 12.2 Å². The van der Waals surface area contributed by atoms with E-state index in [0.717, 1.165) is 6.42 Å². The van der Waals surface area contributed by atoms with Crippen LogP contribution in [0.3, 0.4) is 0 Å². The first-order valence-electron chi connectivity index (χ1n) is 14.4. The fourth-order valence-corrected chi connectivity index (χ4v) is 5.55. The van der Waals surface area contributed by atoms with E-state index >= 15 is 0 Å². The Morgan fingerprint density at radius 1 is 0.805 bits per heavy atom. The molecule has 41 heavy (non-hydrogen) atoms. The van der Waals surface area contributed by atoms with Gasteiger partial charge in [-0.25, -0.2) is 12.2 Å². The average molecular weight is 665 g/mol. The summed E-state index contributed by atoms with van der Waals surface area (Å²) in [5, 5.41) is 5.48. The Bertz CT molecular complexity index is 1330. The van der Waals surface area contributed by atoms with E-state index in [-0.39, 0.29) is 35.6 Å². The summed E-state index contributed by atoms with van der Waals surface area (Å²) in [4.78, 5) is 0. The molecule has 0 radical (unpaired) electrons. The van der Waals surface area contributed by atoms with Gasteiger partial charge in [0, 0.05) is 0 Å². The summed E-state index contributed by atoms with van der Waals surface area (Å²) in [6, 6.07) is 26.9. The summed E-state index contributed by atoms with van der Waals surface area (Å²) in [5.41, 5.74) is 4.68. The fourth-order valence-electron chi connectivity index (χ4n) is 4.62. The molecule has 3 heteroatoms. The molecule has 1 aliphatic rings. The zero-order valence-corrected chi connectivity index (χ0v) is 29.9. The van der Waals surface area contributed by atoms with Gasteiger partial charge in [0.05, 0.1) is 0 Å². The molecule has 0 fully saturated rings. The van der Waals surface area contributed by atoms with E-state index in [1.54, 1.807) is 27.4 Å². The molecule has 0 N–H and O–H groups in total. The SMILES string of the molecule is CC(C)(C)c1ccc2c(c1)[cH-]c1cc(C(C)(C)C)ccc12.CCCC[C](=[Zr+2])Cc1ccccc1.[C-]1=CC=CC1.[Cl-].[Cl-]. The van der Waals surface area contributed by atoms with E-state index in [0.29, 0.717) is 0 Å². The Labute approximate surface area is 277 Å². The van der Waals surface area contributed by atoms with Gasteiger partial charge >= 0.3 is 95.9 Å². The third-order valence-corrected chi connectivity index (χ3v) is 8.16. The van der Waals surface area contributed by atoms with Gasteiger partial charge in [0.1, 0.15) is 0 Å². The van der Waals surface area contributed by atoms with Crippen molar-refractivity contribution in [3.05, 3.63) is 114 Å². The summed E-state index contributed by atoms with van der Waals surface area (Å²) in [6.45, 7) is 15.9. The molecule has 0 amide bonds. The number of benzene rings is 3. The molecule has 1 aliphatic carbocycles. The van der Waals surface area contributed by atoms with Crippen LogP contribution >= 0.6 is 0 Å². The number of allylic oxidation sites excluding steroid dienone is 4. The molecule has 0 unspecified atom stereocenters. The predicted molar refractivity (Wildman–Crippen MR) is 171 cm³/mol. The quantitative estimate of drug-likeness (QED) is 0.270. The van der Waals surface area contributed by atoms with Crippen LogP contribution in [0.1, 0.15) is 90.8 Å². The summed E-state index contributed by atoms with van der Waals surface area (Å²) in [6.07, 6.45) is 15.2. The normalized spacial score (nSPS) is 12.1. The number of hydrogen-bond donors (Lipinski definition) is 0. The van der Waals surface area contributed by atoms with Crippen molar-refractivity contribution in [1.29, 1.82) is 0 Å². The zero-order valence-electron chi connectivity index (χ0n) is 26.0. The fraction of sp³-hybridized carbons (Fsp3) is 0.368. The second-order valence-corrected chi connectivity index (χ2v) is 14.4. The molecule has 0 bridgehead atoms. The van der Waals surface area contributed by atoms with Crippen LogP contribution in [-0.4, -0.2) is 3.21 Å². The van der Waals surface area contributed by atoms with Gasteiger partial charge in [-0.1, -0.05) is 76.9 Å².